The van der Waals surface area contributed by atoms with Crippen molar-refractivity contribution in [2.24, 2.45) is 11.8 Å². The molecular weight excluding hydrogens is 364 g/mol. The van der Waals surface area contributed by atoms with E-state index in [2.05, 4.69) is 5.32 Å². The van der Waals surface area contributed by atoms with Crippen LogP contribution in [0.2, 0.25) is 0 Å². The fourth-order valence-electron chi connectivity index (χ4n) is 4.28. The lowest BCUT2D eigenvalue weighted by molar-refractivity contribution is -0.156. The summed E-state index contributed by atoms with van der Waals surface area (Å²) in [6, 6.07) is 12.5. The van der Waals surface area contributed by atoms with Gasteiger partial charge in [-0.05, 0) is 23.9 Å². The number of carbonyl (C=O) groups excluding carboxylic acids is 3. The minimum absolute atomic E-state index is 0.189. The van der Waals surface area contributed by atoms with E-state index in [0.29, 0.717) is 5.56 Å². The highest BCUT2D eigenvalue weighted by atomic mass is 32.1. The predicted octanol–water partition coefficient (Wildman–Crippen LogP) is 2.08. The molecule has 2 aliphatic heterocycles. The van der Waals surface area contributed by atoms with E-state index in [-0.39, 0.29) is 18.4 Å². The molecule has 1 N–H and O–H groups in total. The number of hydrogen-bond acceptors (Lipinski definition) is 6. The molecule has 0 saturated carbocycles. The van der Waals surface area contributed by atoms with Crippen LogP contribution in [-0.2, 0) is 24.7 Å². The Morgan fingerprint density at radius 1 is 1.19 bits per heavy atom. The maximum Gasteiger partial charge on any atom is 0.331 e. The summed E-state index contributed by atoms with van der Waals surface area (Å²) in [5.41, 5.74) is -0.761. The van der Waals surface area contributed by atoms with E-state index < -0.39 is 29.4 Å². The lowest BCUT2D eigenvalue weighted by Gasteiger charge is -2.32. The van der Waals surface area contributed by atoms with Gasteiger partial charge in [-0.1, -0.05) is 36.4 Å². The summed E-state index contributed by atoms with van der Waals surface area (Å²) >= 11 is 1.50. The topological polar surface area (TPSA) is 75.7 Å². The maximum atomic E-state index is 13.2. The van der Waals surface area contributed by atoms with E-state index in [1.54, 1.807) is 19.1 Å². The number of imide groups is 1. The highest BCUT2D eigenvalue weighted by molar-refractivity contribution is 7.10. The summed E-state index contributed by atoms with van der Waals surface area (Å²) in [5, 5.41) is 5.28. The van der Waals surface area contributed by atoms with Crippen molar-refractivity contribution >= 4 is 29.1 Å². The van der Waals surface area contributed by atoms with Crippen LogP contribution in [0.25, 0.3) is 0 Å². The normalized spacial score (nSPS) is 29.9. The van der Waals surface area contributed by atoms with Gasteiger partial charge in [-0.3, -0.25) is 19.8 Å². The van der Waals surface area contributed by atoms with Gasteiger partial charge in [0.1, 0.15) is 0 Å². The number of benzene rings is 1. The van der Waals surface area contributed by atoms with Gasteiger partial charge in [0.05, 0.1) is 24.5 Å². The molecule has 0 radical (unpaired) electrons. The number of likely N-dealkylation sites (tertiary alicyclic amines) is 1. The lowest BCUT2D eigenvalue weighted by Crippen LogP contribution is -2.53. The zero-order valence-corrected chi connectivity index (χ0v) is 15.9. The van der Waals surface area contributed by atoms with E-state index in [9.17, 15) is 14.4 Å². The van der Waals surface area contributed by atoms with Crippen LogP contribution in [0.4, 0.5) is 0 Å². The first-order valence-corrected chi connectivity index (χ1v) is 9.75. The number of thiophene rings is 1. The van der Waals surface area contributed by atoms with E-state index in [1.807, 2.05) is 35.7 Å². The number of esters is 1. The summed E-state index contributed by atoms with van der Waals surface area (Å²) in [6.45, 7) is 1.92. The molecule has 0 bridgehead atoms. The van der Waals surface area contributed by atoms with Crippen LogP contribution < -0.4 is 5.32 Å². The average molecular weight is 384 g/mol. The minimum atomic E-state index is -1.39. The van der Waals surface area contributed by atoms with Crippen LogP contribution in [0.5, 0.6) is 0 Å². The smallest absolute Gasteiger partial charge is 0.331 e. The van der Waals surface area contributed by atoms with E-state index in [4.69, 9.17) is 4.74 Å². The van der Waals surface area contributed by atoms with Crippen molar-refractivity contribution in [3.05, 3.63) is 58.3 Å². The molecule has 6 nitrogen and oxygen atoms in total. The zero-order valence-electron chi connectivity index (χ0n) is 15.0. The van der Waals surface area contributed by atoms with Crippen molar-refractivity contribution in [1.82, 2.24) is 10.2 Å². The quantitative estimate of drug-likeness (QED) is 0.645. The third kappa shape index (κ3) is 2.45. The number of carbonyl (C=O) groups is 3. The SMILES string of the molecule is CCOC(=O)[C@]1(c2ccccc2)N[C@H](c2cccs2)[C@@H]2C(=O)N(C)C(=O)[C@H]21. The van der Waals surface area contributed by atoms with Crippen molar-refractivity contribution in [2.75, 3.05) is 13.7 Å². The second-order valence-corrected chi connectivity index (χ2v) is 7.75. The Morgan fingerprint density at radius 2 is 1.93 bits per heavy atom. The number of rotatable bonds is 4. The second kappa shape index (κ2) is 6.58. The first-order valence-electron chi connectivity index (χ1n) is 8.87. The molecule has 27 heavy (non-hydrogen) atoms. The molecule has 4 atom stereocenters. The van der Waals surface area contributed by atoms with Crippen LogP contribution in [0, 0.1) is 11.8 Å². The minimum Gasteiger partial charge on any atom is -0.464 e. The largest absolute Gasteiger partial charge is 0.464 e. The average Bonchev–Trinajstić information content (AvgIpc) is 3.37. The van der Waals surface area contributed by atoms with Gasteiger partial charge in [-0.25, -0.2) is 4.79 Å². The van der Waals surface area contributed by atoms with E-state index in [0.717, 1.165) is 9.78 Å². The van der Waals surface area contributed by atoms with Crippen molar-refractivity contribution in [2.45, 2.75) is 18.5 Å². The Balaban J connectivity index is 1.93. The summed E-state index contributed by atoms with van der Waals surface area (Å²) in [6.07, 6.45) is 0. The number of nitrogens with zero attached hydrogens (tertiary/aromatic N) is 1. The predicted molar refractivity (Wildman–Crippen MR) is 99.7 cm³/mol. The van der Waals surface area contributed by atoms with Gasteiger partial charge in [0, 0.05) is 11.9 Å². The Bertz CT molecular complexity index is 883. The lowest BCUT2D eigenvalue weighted by atomic mass is 9.75. The van der Waals surface area contributed by atoms with Gasteiger partial charge in [-0.15, -0.1) is 11.3 Å². The summed E-state index contributed by atoms with van der Waals surface area (Å²) < 4.78 is 5.40. The van der Waals surface area contributed by atoms with Crippen molar-refractivity contribution in [3.8, 4) is 0 Å². The van der Waals surface area contributed by atoms with Crippen LogP contribution in [-0.4, -0.2) is 36.3 Å². The Labute approximate surface area is 161 Å². The summed E-state index contributed by atoms with van der Waals surface area (Å²) in [5.74, 6) is -2.64. The van der Waals surface area contributed by atoms with Crippen molar-refractivity contribution in [1.29, 1.82) is 0 Å². The fraction of sp³-hybridized carbons (Fsp3) is 0.350. The second-order valence-electron chi connectivity index (χ2n) is 6.77. The third-order valence-corrected chi connectivity index (χ3v) is 6.41. The molecule has 7 heteroatoms. The van der Waals surface area contributed by atoms with Gasteiger partial charge in [-0.2, -0.15) is 0 Å². The highest BCUT2D eigenvalue weighted by Gasteiger charge is 2.69. The van der Waals surface area contributed by atoms with Crippen LogP contribution in [0.3, 0.4) is 0 Å². The molecule has 2 aromatic rings. The number of nitrogens with one attached hydrogen (secondary N) is 1. The molecule has 4 rings (SSSR count). The monoisotopic (exact) mass is 384 g/mol. The molecule has 1 aromatic carbocycles. The molecule has 0 aliphatic carbocycles. The fourth-order valence-corrected chi connectivity index (χ4v) is 5.10. The van der Waals surface area contributed by atoms with Gasteiger partial charge in [0.25, 0.3) is 0 Å². The standard InChI is InChI=1S/C20H20N2O4S/c1-3-26-19(25)20(12-8-5-4-6-9-12)15-14(17(23)22(2)18(15)24)16(21-20)13-10-7-11-27-13/h4-11,14-16,21H,3H2,1-2H3/t14-,15+,16-,20-/m1/s1. The van der Waals surface area contributed by atoms with E-state index >= 15 is 0 Å². The summed E-state index contributed by atoms with van der Waals surface area (Å²) in [7, 11) is 1.48. The maximum absolute atomic E-state index is 13.2. The van der Waals surface area contributed by atoms with Crippen LogP contribution in [0.1, 0.15) is 23.4 Å². The van der Waals surface area contributed by atoms with Gasteiger partial charge >= 0.3 is 5.97 Å². The number of ether oxygens (including phenoxy) is 1. The molecule has 2 fully saturated rings. The molecule has 140 valence electrons. The number of hydrogen-bond donors (Lipinski definition) is 1. The van der Waals surface area contributed by atoms with Crippen LogP contribution >= 0.6 is 11.3 Å². The zero-order chi connectivity index (χ0) is 19.2. The molecule has 1 aromatic heterocycles. The van der Waals surface area contributed by atoms with Gasteiger partial charge in [0.15, 0.2) is 5.54 Å². The summed E-state index contributed by atoms with van der Waals surface area (Å²) in [4.78, 5) is 41.3. The first kappa shape index (κ1) is 17.9. The van der Waals surface area contributed by atoms with Gasteiger partial charge in [0.2, 0.25) is 11.8 Å². The molecule has 3 heterocycles. The molecule has 2 amide bonds. The van der Waals surface area contributed by atoms with Gasteiger partial charge < -0.3 is 4.74 Å². The van der Waals surface area contributed by atoms with Crippen molar-refractivity contribution in [3.63, 3.8) is 0 Å². The Morgan fingerprint density at radius 3 is 2.56 bits per heavy atom. The molecule has 0 spiro atoms. The molecule has 0 unspecified atom stereocenters. The molecule has 2 aliphatic rings. The van der Waals surface area contributed by atoms with E-state index in [1.165, 1.54) is 18.4 Å². The Kier molecular flexibility index (Phi) is 4.36. The molecule has 2 saturated heterocycles. The first-order chi connectivity index (χ1) is 13.0. The molecular formula is C20H20N2O4S. The number of fused-ring (bicyclic) bond motifs is 1. The highest BCUT2D eigenvalue weighted by Crippen LogP contribution is 2.53. The number of amides is 2. The van der Waals surface area contributed by atoms with Crippen LogP contribution in [0.15, 0.2) is 47.8 Å². The Hall–Kier alpha value is -2.51. The van der Waals surface area contributed by atoms with Crippen molar-refractivity contribution < 1.29 is 19.1 Å². The third-order valence-electron chi connectivity index (χ3n) is 5.46.